The molecule has 0 N–H and O–H groups in total. The minimum atomic E-state index is 1.11. The fraction of sp³-hybridized carbons (Fsp3) is 0.455. The molecule has 0 bridgehead atoms. The molecule has 1 aliphatic rings. The van der Waals surface area contributed by atoms with Gasteiger partial charge in [0.15, 0.2) is 0 Å². The summed E-state index contributed by atoms with van der Waals surface area (Å²) in [6.45, 7) is 4.29. The van der Waals surface area contributed by atoms with Crippen LogP contribution in [0.1, 0.15) is 33.1 Å². The Hall–Kier alpha value is -0.780. The Balaban J connectivity index is 2.43. The van der Waals surface area contributed by atoms with Gasteiger partial charge < -0.3 is 0 Å². The van der Waals surface area contributed by atoms with Crippen LogP contribution in [0.25, 0.3) is 0 Å². The lowest BCUT2D eigenvalue weighted by molar-refractivity contribution is 1.000. The van der Waals surface area contributed by atoms with E-state index in [1.165, 1.54) is 24.0 Å². The summed E-state index contributed by atoms with van der Waals surface area (Å²) in [7, 11) is 0. The van der Waals surface area contributed by atoms with Crippen LogP contribution in [0, 0.1) is 0 Å². The summed E-state index contributed by atoms with van der Waals surface area (Å²) < 4.78 is 0. The van der Waals surface area contributed by atoms with Gasteiger partial charge in [-0.2, -0.15) is 0 Å². The van der Waals surface area contributed by atoms with Crippen LogP contribution in [-0.2, 0) is 0 Å². The molecular formula is C11H16. The second kappa shape index (κ2) is 4.17. The molecule has 11 heavy (non-hydrogen) atoms. The molecule has 0 aromatic carbocycles. The van der Waals surface area contributed by atoms with Crippen LogP contribution in [0.3, 0.4) is 0 Å². The first-order valence-electron chi connectivity index (χ1n) is 4.28. The molecular weight excluding hydrogens is 132 g/mol. The predicted octanol–water partition coefficient (Wildman–Crippen LogP) is 3.62. The molecule has 0 saturated heterocycles. The molecule has 0 unspecified atom stereocenters. The molecule has 0 aromatic heterocycles. The Labute approximate surface area is 69.3 Å². The molecule has 0 aliphatic heterocycles. The average molecular weight is 148 g/mol. The van der Waals surface area contributed by atoms with E-state index < -0.39 is 0 Å². The summed E-state index contributed by atoms with van der Waals surface area (Å²) in [5.41, 5.74) is 2.88. The standard InChI is InChI=1S/C11H16/c1-10(2)8-9-11-6-4-3-5-7-11/h4,6-8H,3,5,9H2,1-2H3. The Morgan fingerprint density at radius 3 is 2.82 bits per heavy atom. The van der Waals surface area contributed by atoms with Crippen LogP contribution in [0.5, 0.6) is 0 Å². The molecule has 1 aliphatic carbocycles. The molecule has 0 spiro atoms. The molecule has 0 heterocycles. The van der Waals surface area contributed by atoms with Crippen LogP contribution in [0.4, 0.5) is 0 Å². The van der Waals surface area contributed by atoms with Crippen LogP contribution >= 0.6 is 0 Å². The summed E-state index contributed by atoms with van der Waals surface area (Å²) in [5, 5.41) is 0. The van der Waals surface area contributed by atoms with E-state index in [2.05, 4.69) is 38.2 Å². The third-order valence-electron chi connectivity index (χ3n) is 1.82. The number of hydrogen-bond acceptors (Lipinski definition) is 0. The predicted molar refractivity (Wildman–Crippen MR) is 50.5 cm³/mol. The summed E-state index contributed by atoms with van der Waals surface area (Å²) in [6.07, 6.45) is 12.7. The van der Waals surface area contributed by atoms with E-state index in [4.69, 9.17) is 0 Å². The maximum Gasteiger partial charge on any atom is -0.00983 e. The molecule has 0 nitrogen and oxygen atoms in total. The smallest absolute Gasteiger partial charge is 0.00983 e. The number of hydrogen-bond donors (Lipinski definition) is 0. The highest BCUT2D eigenvalue weighted by Crippen LogP contribution is 2.13. The minimum absolute atomic E-state index is 1.11. The van der Waals surface area contributed by atoms with Gasteiger partial charge in [0.2, 0.25) is 0 Å². The van der Waals surface area contributed by atoms with Gasteiger partial charge >= 0.3 is 0 Å². The average Bonchev–Trinajstić information content (AvgIpc) is 2.03. The highest BCUT2D eigenvalue weighted by atomic mass is 14.0. The SMILES string of the molecule is CC(C)=CCC1=CCCC=C1. The highest BCUT2D eigenvalue weighted by Gasteiger charge is 1.93. The quantitative estimate of drug-likeness (QED) is 0.525. The molecule has 0 saturated carbocycles. The van der Waals surface area contributed by atoms with Crippen LogP contribution in [0.2, 0.25) is 0 Å². The maximum absolute atomic E-state index is 2.33. The fourth-order valence-corrected chi connectivity index (χ4v) is 1.14. The topological polar surface area (TPSA) is 0 Å². The summed E-state index contributed by atoms with van der Waals surface area (Å²) in [5.74, 6) is 0. The highest BCUT2D eigenvalue weighted by molar-refractivity contribution is 5.24. The van der Waals surface area contributed by atoms with Crippen molar-refractivity contribution in [1.29, 1.82) is 0 Å². The Bertz CT molecular complexity index is 200. The van der Waals surface area contributed by atoms with Gasteiger partial charge in [-0.05, 0) is 38.7 Å². The summed E-state index contributed by atoms with van der Waals surface area (Å²) in [6, 6.07) is 0. The summed E-state index contributed by atoms with van der Waals surface area (Å²) in [4.78, 5) is 0. The minimum Gasteiger partial charge on any atom is -0.0840 e. The first-order chi connectivity index (χ1) is 5.29. The second-order valence-corrected chi connectivity index (χ2v) is 3.24. The largest absolute Gasteiger partial charge is 0.0840 e. The van der Waals surface area contributed by atoms with Gasteiger partial charge in [0.25, 0.3) is 0 Å². The van der Waals surface area contributed by atoms with Crippen LogP contribution in [0.15, 0.2) is 35.5 Å². The molecule has 0 heteroatoms. The lowest BCUT2D eigenvalue weighted by atomic mass is 10.0. The summed E-state index contributed by atoms with van der Waals surface area (Å²) >= 11 is 0. The third-order valence-corrected chi connectivity index (χ3v) is 1.82. The Morgan fingerprint density at radius 1 is 1.45 bits per heavy atom. The zero-order valence-corrected chi connectivity index (χ0v) is 7.43. The van der Waals surface area contributed by atoms with Crippen molar-refractivity contribution in [3.8, 4) is 0 Å². The van der Waals surface area contributed by atoms with Crippen LogP contribution in [-0.4, -0.2) is 0 Å². The third kappa shape index (κ3) is 3.22. The molecule has 0 amide bonds. The molecule has 60 valence electrons. The van der Waals surface area contributed by atoms with Crippen molar-refractivity contribution < 1.29 is 0 Å². The van der Waals surface area contributed by atoms with Gasteiger partial charge in [0, 0.05) is 0 Å². The zero-order valence-electron chi connectivity index (χ0n) is 7.43. The lowest BCUT2D eigenvalue weighted by Crippen LogP contribution is -1.82. The fourth-order valence-electron chi connectivity index (χ4n) is 1.14. The van der Waals surface area contributed by atoms with Crippen molar-refractivity contribution in [3.05, 3.63) is 35.5 Å². The van der Waals surface area contributed by atoms with Crippen molar-refractivity contribution in [2.45, 2.75) is 33.1 Å². The van der Waals surface area contributed by atoms with Gasteiger partial charge in [-0.25, -0.2) is 0 Å². The Morgan fingerprint density at radius 2 is 2.27 bits per heavy atom. The van der Waals surface area contributed by atoms with Crippen molar-refractivity contribution in [3.63, 3.8) is 0 Å². The second-order valence-electron chi connectivity index (χ2n) is 3.24. The van der Waals surface area contributed by atoms with Gasteiger partial charge in [-0.1, -0.05) is 29.9 Å². The Kier molecular flexibility index (Phi) is 3.15. The normalized spacial score (nSPS) is 16.0. The van der Waals surface area contributed by atoms with Crippen LogP contribution < -0.4 is 0 Å². The molecule has 0 aromatic rings. The van der Waals surface area contributed by atoms with E-state index in [-0.39, 0.29) is 0 Å². The van der Waals surface area contributed by atoms with E-state index in [1.807, 2.05) is 0 Å². The van der Waals surface area contributed by atoms with Crippen molar-refractivity contribution in [1.82, 2.24) is 0 Å². The molecule has 0 fully saturated rings. The number of rotatable bonds is 2. The van der Waals surface area contributed by atoms with Crippen molar-refractivity contribution >= 4 is 0 Å². The maximum atomic E-state index is 2.33. The first-order valence-corrected chi connectivity index (χ1v) is 4.28. The lowest BCUT2D eigenvalue weighted by Gasteiger charge is -2.03. The van der Waals surface area contributed by atoms with E-state index in [0.29, 0.717) is 0 Å². The van der Waals surface area contributed by atoms with Crippen molar-refractivity contribution in [2.24, 2.45) is 0 Å². The van der Waals surface area contributed by atoms with Gasteiger partial charge in [0.1, 0.15) is 0 Å². The molecule has 0 atom stereocenters. The molecule has 0 radical (unpaired) electrons. The van der Waals surface area contributed by atoms with Gasteiger partial charge in [0.05, 0.1) is 0 Å². The molecule has 1 rings (SSSR count). The zero-order chi connectivity index (χ0) is 8.10. The van der Waals surface area contributed by atoms with E-state index in [0.717, 1.165) is 6.42 Å². The van der Waals surface area contributed by atoms with Crippen molar-refractivity contribution in [2.75, 3.05) is 0 Å². The first kappa shape index (κ1) is 8.32. The monoisotopic (exact) mass is 148 g/mol. The van der Waals surface area contributed by atoms with E-state index in [9.17, 15) is 0 Å². The van der Waals surface area contributed by atoms with E-state index in [1.54, 1.807) is 0 Å². The van der Waals surface area contributed by atoms with Gasteiger partial charge in [-0.3, -0.25) is 0 Å². The van der Waals surface area contributed by atoms with Gasteiger partial charge in [-0.15, -0.1) is 0 Å². The van der Waals surface area contributed by atoms with E-state index >= 15 is 0 Å². The number of allylic oxidation sites excluding steroid dienone is 6.